The summed E-state index contributed by atoms with van der Waals surface area (Å²) in [6.07, 6.45) is 7.93. The third kappa shape index (κ3) is 6.17. The highest BCUT2D eigenvalue weighted by Gasteiger charge is 2.25. The summed E-state index contributed by atoms with van der Waals surface area (Å²) in [6.45, 7) is 0.255. The lowest BCUT2D eigenvalue weighted by molar-refractivity contribution is -0.138. The van der Waals surface area contributed by atoms with Gasteiger partial charge < -0.3 is 15.2 Å². The van der Waals surface area contributed by atoms with Gasteiger partial charge in [-0.3, -0.25) is 24.2 Å². The number of aliphatic carboxylic acids is 1. The molecule has 0 atom stereocenters. The molecule has 2 aromatic carbocycles. The van der Waals surface area contributed by atoms with Crippen molar-refractivity contribution in [3.05, 3.63) is 71.0 Å². The number of carbonyl (C=O) groups is 2. The molecule has 2 N–H and O–H groups in total. The summed E-state index contributed by atoms with van der Waals surface area (Å²) in [5, 5.41) is 17.7. The highest BCUT2D eigenvalue weighted by molar-refractivity contribution is 6.32. The minimum Gasteiger partial charge on any atom is -0.497 e. The van der Waals surface area contributed by atoms with Gasteiger partial charge in [0.15, 0.2) is 0 Å². The molecule has 0 spiro atoms. The molecule has 1 aliphatic rings. The Balaban J connectivity index is 1.34. The number of carboxylic acid groups (broad SMARTS) is 1. The Kier molecular flexibility index (Phi) is 7.74. The molecule has 4 aromatic rings. The lowest BCUT2D eigenvalue weighted by Gasteiger charge is -2.28. The van der Waals surface area contributed by atoms with E-state index in [9.17, 15) is 14.0 Å². The van der Waals surface area contributed by atoms with E-state index in [1.54, 1.807) is 41.5 Å². The van der Waals surface area contributed by atoms with E-state index >= 15 is 0 Å². The quantitative estimate of drug-likeness (QED) is 0.312. The lowest BCUT2D eigenvalue weighted by Crippen LogP contribution is -2.38. The second-order valence-corrected chi connectivity index (χ2v) is 10.2. The maximum atomic E-state index is 13.9. The Hall–Kier alpha value is -4.05. The third-order valence-electron chi connectivity index (χ3n) is 7.01. The van der Waals surface area contributed by atoms with Crippen LogP contribution in [0.2, 0.25) is 5.02 Å². The van der Waals surface area contributed by atoms with Crippen LogP contribution in [0.15, 0.2) is 48.9 Å². The molecular formula is C28H27ClFN5O4. The van der Waals surface area contributed by atoms with Crippen LogP contribution >= 0.6 is 11.6 Å². The molecule has 2 heterocycles. The van der Waals surface area contributed by atoms with Crippen LogP contribution in [0.3, 0.4) is 0 Å². The predicted molar refractivity (Wildman–Crippen MR) is 143 cm³/mol. The SMILES string of the molecule is COc1cc(F)cc(-c2cnc(Cn3ncc4cc(Cl)cc(C(=O)NC5CCC(CC(=O)O)CC5)c43)cn2)c1. The van der Waals surface area contributed by atoms with Gasteiger partial charge >= 0.3 is 5.97 Å². The fourth-order valence-electron chi connectivity index (χ4n) is 5.08. The van der Waals surface area contributed by atoms with Crippen molar-refractivity contribution in [1.29, 1.82) is 0 Å². The summed E-state index contributed by atoms with van der Waals surface area (Å²) in [6, 6.07) is 7.67. The van der Waals surface area contributed by atoms with Crippen molar-refractivity contribution in [2.45, 2.75) is 44.7 Å². The number of rotatable bonds is 8. The first-order valence-corrected chi connectivity index (χ1v) is 13.0. The van der Waals surface area contributed by atoms with Crippen LogP contribution in [0.5, 0.6) is 5.75 Å². The average molecular weight is 552 g/mol. The summed E-state index contributed by atoms with van der Waals surface area (Å²) in [5.74, 6) is -0.948. The van der Waals surface area contributed by atoms with Crippen LogP contribution in [-0.4, -0.2) is 49.9 Å². The molecule has 202 valence electrons. The summed E-state index contributed by atoms with van der Waals surface area (Å²) >= 11 is 6.33. The number of halogens is 2. The van der Waals surface area contributed by atoms with Gasteiger partial charge in [0.2, 0.25) is 0 Å². The van der Waals surface area contributed by atoms with Gasteiger partial charge in [0, 0.05) is 34.5 Å². The predicted octanol–water partition coefficient (Wildman–Crippen LogP) is 5.11. The van der Waals surface area contributed by atoms with E-state index in [1.807, 2.05) is 0 Å². The molecule has 9 nitrogen and oxygen atoms in total. The molecule has 1 saturated carbocycles. The number of ether oxygens (including phenoxy) is 1. The molecule has 1 fully saturated rings. The minimum absolute atomic E-state index is 0.0344. The lowest BCUT2D eigenvalue weighted by atomic mass is 9.84. The van der Waals surface area contributed by atoms with Gasteiger partial charge in [-0.1, -0.05) is 11.6 Å². The van der Waals surface area contributed by atoms with Crippen molar-refractivity contribution in [2.75, 3.05) is 7.11 Å². The van der Waals surface area contributed by atoms with Crippen molar-refractivity contribution in [2.24, 2.45) is 5.92 Å². The first-order chi connectivity index (χ1) is 18.8. The standard InChI is InChI=1S/C28H27ClFN5O4/c1-39-23-9-17(8-20(30)11-23)25-14-31-22(13-32-25)15-35-27-18(12-33-35)7-19(29)10-24(27)28(38)34-21-4-2-16(3-5-21)6-26(36)37/h7-14,16,21H,2-6,15H2,1H3,(H,34,38)(H,36,37). The van der Waals surface area contributed by atoms with Gasteiger partial charge in [0.1, 0.15) is 11.6 Å². The van der Waals surface area contributed by atoms with Gasteiger partial charge in [0.25, 0.3) is 5.91 Å². The van der Waals surface area contributed by atoms with Crippen molar-refractivity contribution in [3.63, 3.8) is 0 Å². The number of nitrogens with zero attached hydrogens (tertiary/aromatic N) is 4. The number of fused-ring (bicyclic) bond motifs is 1. The zero-order valence-electron chi connectivity index (χ0n) is 21.2. The number of benzene rings is 2. The molecule has 0 bridgehead atoms. The Bertz CT molecular complexity index is 1520. The average Bonchev–Trinajstić information content (AvgIpc) is 3.31. The molecule has 0 radical (unpaired) electrons. The Morgan fingerprint density at radius 3 is 2.59 bits per heavy atom. The van der Waals surface area contributed by atoms with Gasteiger partial charge in [0.05, 0.1) is 54.7 Å². The fraction of sp³-hybridized carbons (Fsp3) is 0.321. The molecule has 2 aromatic heterocycles. The highest BCUT2D eigenvalue weighted by atomic mass is 35.5. The number of amides is 1. The third-order valence-corrected chi connectivity index (χ3v) is 7.23. The summed E-state index contributed by atoms with van der Waals surface area (Å²) in [4.78, 5) is 33.3. The van der Waals surface area contributed by atoms with E-state index in [4.69, 9.17) is 21.4 Å². The smallest absolute Gasteiger partial charge is 0.303 e. The maximum absolute atomic E-state index is 13.9. The van der Waals surface area contributed by atoms with Crippen molar-refractivity contribution < 1.29 is 23.8 Å². The van der Waals surface area contributed by atoms with Crippen LogP contribution in [0.4, 0.5) is 4.39 Å². The fourth-order valence-corrected chi connectivity index (χ4v) is 5.30. The number of carbonyl (C=O) groups excluding carboxylic acids is 1. The van der Waals surface area contributed by atoms with E-state index in [1.165, 1.54) is 19.2 Å². The van der Waals surface area contributed by atoms with Crippen molar-refractivity contribution in [3.8, 4) is 17.0 Å². The molecule has 5 rings (SSSR count). The van der Waals surface area contributed by atoms with Crippen molar-refractivity contribution in [1.82, 2.24) is 25.1 Å². The first-order valence-electron chi connectivity index (χ1n) is 12.6. The molecule has 1 aliphatic carbocycles. The van der Waals surface area contributed by atoms with E-state index < -0.39 is 11.8 Å². The van der Waals surface area contributed by atoms with Crippen molar-refractivity contribution >= 4 is 34.4 Å². The number of hydrogen-bond acceptors (Lipinski definition) is 6. The summed E-state index contributed by atoms with van der Waals surface area (Å²) in [7, 11) is 1.47. The largest absolute Gasteiger partial charge is 0.497 e. The van der Waals surface area contributed by atoms with E-state index in [0.717, 1.165) is 25.7 Å². The van der Waals surface area contributed by atoms with E-state index in [-0.39, 0.29) is 30.8 Å². The van der Waals surface area contributed by atoms with Crippen LogP contribution < -0.4 is 10.1 Å². The number of hydrogen-bond donors (Lipinski definition) is 2. The highest BCUT2D eigenvalue weighted by Crippen LogP contribution is 2.29. The molecule has 1 amide bonds. The van der Waals surface area contributed by atoms with Gasteiger partial charge in [-0.25, -0.2) is 4.39 Å². The van der Waals surface area contributed by atoms with Crippen LogP contribution in [0.25, 0.3) is 22.2 Å². The van der Waals surface area contributed by atoms with Gasteiger partial charge in [-0.15, -0.1) is 0 Å². The zero-order valence-corrected chi connectivity index (χ0v) is 22.0. The van der Waals surface area contributed by atoms with Crippen LogP contribution in [0, 0.1) is 11.7 Å². The molecule has 0 aliphatic heterocycles. The normalized spacial score (nSPS) is 17.2. The topological polar surface area (TPSA) is 119 Å². The van der Waals surface area contributed by atoms with Gasteiger partial charge in [-0.2, -0.15) is 5.10 Å². The number of aromatic nitrogens is 4. The Labute approximate surface area is 229 Å². The summed E-state index contributed by atoms with van der Waals surface area (Å²) in [5.41, 5.74) is 2.66. The molecule has 0 saturated heterocycles. The molecule has 0 unspecified atom stereocenters. The number of nitrogens with one attached hydrogen (secondary N) is 1. The Morgan fingerprint density at radius 1 is 1.10 bits per heavy atom. The van der Waals surface area contributed by atoms with E-state index in [0.29, 0.717) is 44.2 Å². The minimum atomic E-state index is -0.786. The van der Waals surface area contributed by atoms with E-state index in [2.05, 4.69) is 20.4 Å². The molecule has 11 heteroatoms. The number of methoxy groups -OCH3 is 1. The molecular weight excluding hydrogens is 525 g/mol. The first kappa shape index (κ1) is 26.6. The second kappa shape index (κ2) is 11.4. The number of carboxylic acids is 1. The van der Waals surface area contributed by atoms with Gasteiger partial charge in [-0.05, 0) is 55.9 Å². The zero-order chi connectivity index (χ0) is 27.5. The maximum Gasteiger partial charge on any atom is 0.303 e. The second-order valence-electron chi connectivity index (χ2n) is 9.76. The summed E-state index contributed by atoms with van der Waals surface area (Å²) < 4.78 is 20.7. The van der Waals surface area contributed by atoms with Crippen LogP contribution in [0.1, 0.15) is 48.2 Å². The monoisotopic (exact) mass is 551 g/mol. The molecule has 39 heavy (non-hydrogen) atoms. The van der Waals surface area contributed by atoms with Crippen LogP contribution in [-0.2, 0) is 11.3 Å². The Morgan fingerprint density at radius 2 is 1.90 bits per heavy atom.